The molecule has 0 aromatic heterocycles. The molecule has 0 spiro atoms. The highest BCUT2D eigenvalue weighted by Crippen LogP contribution is 2.27. The molecule has 0 fully saturated rings. The molecule has 2 atom stereocenters. The van der Waals surface area contributed by atoms with E-state index >= 15 is 0 Å². The number of hydrogen-bond donors (Lipinski definition) is 1. The molecule has 0 aliphatic heterocycles. The average molecular weight is 409 g/mol. The first kappa shape index (κ1) is 21.7. The van der Waals surface area contributed by atoms with E-state index < -0.39 is 29.8 Å². The lowest BCUT2D eigenvalue weighted by atomic mass is 10.2. The van der Waals surface area contributed by atoms with E-state index in [-0.39, 0.29) is 11.4 Å². The van der Waals surface area contributed by atoms with Crippen molar-refractivity contribution < 1.29 is 27.8 Å². The van der Waals surface area contributed by atoms with Crippen LogP contribution in [-0.4, -0.2) is 29.8 Å². The molecule has 2 aromatic carbocycles. The Morgan fingerprint density at radius 3 is 2.32 bits per heavy atom. The Labute approximate surface area is 166 Å². The highest BCUT2D eigenvalue weighted by molar-refractivity contribution is 8.00. The number of anilines is 1. The molecule has 0 radical (unpaired) electrons. The summed E-state index contributed by atoms with van der Waals surface area (Å²) < 4.78 is 34.5. The van der Waals surface area contributed by atoms with E-state index in [0.717, 1.165) is 10.5 Å². The van der Waals surface area contributed by atoms with Crippen LogP contribution in [0.15, 0.2) is 53.4 Å². The van der Waals surface area contributed by atoms with Gasteiger partial charge in [-0.2, -0.15) is 8.78 Å². The first-order chi connectivity index (χ1) is 13.3. The summed E-state index contributed by atoms with van der Waals surface area (Å²) in [5.41, 5.74) is 1.18. The topological polar surface area (TPSA) is 64.6 Å². The summed E-state index contributed by atoms with van der Waals surface area (Å²) in [6, 6.07) is 13.5. The quantitative estimate of drug-likeness (QED) is 0.508. The number of esters is 1. The average Bonchev–Trinajstić information content (AvgIpc) is 2.64. The summed E-state index contributed by atoms with van der Waals surface area (Å²) in [5.74, 6) is -1.37. The van der Waals surface area contributed by atoms with Crippen molar-refractivity contribution in [1.82, 2.24) is 0 Å². The highest BCUT2D eigenvalue weighted by atomic mass is 32.2. The van der Waals surface area contributed by atoms with Crippen LogP contribution in [0, 0.1) is 6.92 Å². The number of amides is 1. The van der Waals surface area contributed by atoms with Gasteiger partial charge in [-0.15, -0.1) is 11.8 Å². The fraction of sp³-hybridized carbons (Fsp3) is 0.300. The molecule has 2 aromatic rings. The minimum atomic E-state index is -3.02. The molecule has 1 amide bonds. The van der Waals surface area contributed by atoms with Crippen LogP contribution in [0.1, 0.15) is 19.4 Å². The van der Waals surface area contributed by atoms with Gasteiger partial charge in [0, 0.05) is 4.90 Å². The molecule has 28 heavy (non-hydrogen) atoms. The zero-order valence-electron chi connectivity index (χ0n) is 15.6. The maximum atomic E-state index is 12.5. The van der Waals surface area contributed by atoms with Gasteiger partial charge in [-0.05, 0) is 45.0 Å². The Hall–Kier alpha value is -2.61. The summed E-state index contributed by atoms with van der Waals surface area (Å²) in [4.78, 5) is 25.4. The number of alkyl halides is 2. The van der Waals surface area contributed by atoms with Crippen molar-refractivity contribution in [2.45, 2.75) is 43.6 Å². The van der Waals surface area contributed by atoms with Crippen LogP contribution in [0.5, 0.6) is 5.75 Å². The van der Waals surface area contributed by atoms with Gasteiger partial charge in [0.25, 0.3) is 5.91 Å². The van der Waals surface area contributed by atoms with Crippen LogP contribution < -0.4 is 10.1 Å². The van der Waals surface area contributed by atoms with Gasteiger partial charge in [-0.1, -0.05) is 29.8 Å². The number of thioether (sulfide) groups is 1. The van der Waals surface area contributed by atoms with E-state index in [0.29, 0.717) is 0 Å². The van der Waals surface area contributed by atoms with E-state index in [4.69, 9.17) is 4.74 Å². The van der Waals surface area contributed by atoms with E-state index in [1.54, 1.807) is 13.0 Å². The van der Waals surface area contributed by atoms with Crippen LogP contribution in [-0.2, 0) is 14.3 Å². The van der Waals surface area contributed by atoms with Crippen LogP contribution >= 0.6 is 11.8 Å². The third-order valence-electron chi connectivity index (χ3n) is 3.69. The number of benzene rings is 2. The number of para-hydroxylation sites is 2. The fourth-order valence-corrected chi connectivity index (χ4v) is 3.05. The molecular weight excluding hydrogens is 388 g/mol. The number of carbonyl (C=O) groups is 2. The lowest BCUT2D eigenvalue weighted by Crippen LogP contribution is -2.32. The predicted octanol–water partition coefficient (Wildman–Crippen LogP) is 4.65. The Kier molecular flexibility index (Phi) is 7.80. The van der Waals surface area contributed by atoms with Gasteiger partial charge in [0.15, 0.2) is 6.10 Å². The van der Waals surface area contributed by atoms with Crippen molar-refractivity contribution in [2.75, 3.05) is 5.32 Å². The number of nitrogens with one attached hydrogen (secondary N) is 1. The molecular formula is C20H21F2NO4S. The monoisotopic (exact) mass is 409 g/mol. The number of rotatable bonds is 8. The molecule has 5 nitrogen and oxygen atoms in total. The molecule has 0 heterocycles. The van der Waals surface area contributed by atoms with Crippen molar-refractivity contribution in [3.05, 3.63) is 54.1 Å². The maximum absolute atomic E-state index is 12.5. The molecule has 1 N–H and O–H groups in total. The van der Waals surface area contributed by atoms with Gasteiger partial charge in [0.1, 0.15) is 11.0 Å². The summed E-state index contributed by atoms with van der Waals surface area (Å²) >= 11 is 1.32. The molecule has 0 aliphatic rings. The molecule has 0 saturated heterocycles. The van der Waals surface area contributed by atoms with Gasteiger partial charge < -0.3 is 14.8 Å². The SMILES string of the molecule is Cc1ccc(S[C@@H](C)C(=O)O[C@H](C)C(=O)Nc2ccccc2OC(F)F)cc1. The second-order valence-corrected chi connectivity index (χ2v) is 7.43. The third kappa shape index (κ3) is 6.53. The Balaban J connectivity index is 1.92. The lowest BCUT2D eigenvalue weighted by Gasteiger charge is -2.17. The van der Waals surface area contributed by atoms with Crippen LogP contribution in [0.2, 0.25) is 0 Å². The molecule has 0 bridgehead atoms. The maximum Gasteiger partial charge on any atom is 0.387 e. The third-order valence-corrected chi connectivity index (χ3v) is 4.78. The lowest BCUT2D eigenvalue weighted by molar-refractivity contribution is -0.152. The fourth-order valence-electron chi connectivity index (χ4n) is 2.20. The van der Waals surface area contributed by atoms with E-state index in [2.05, 4.69) is 10.1 Å². The number of hydrogen-bond acceptors (Lipinski definition) is 5. The normalized spacial score (nSPS) is 12.9. The van der Waals surface area contributed by atoms with Gasteiger partial charge >= 0.3 is 12.6 Å². The minimum Gasteiger partial charge on any atom is -0.452 e. The van der Waals surface area contributed by atoms with E-state index in [1.807, 2.05) is 31.2 Å². The first-order valence-electron chi connectivity index (χ1n) is 8.54. The van der Waals surface area contributed by atoms with Crippen LogP contribution in [0.4, 0.5) is 14.5 Å². The van der Waals surface area contributed by atoms with Gasteiger partial charge in [-0.3, -0.25) is 9.59 Å². The molecule has 2 rings (SSSR count). The zero-order valence-corrected chi connectivity index (χ0v) is 16.5. The first-order valence-corrected chi connectivity index (χ1v) is 9.42. The number of aryl methyl sites for hydroxylation is 1. The second kappa shape index (κ2) is 10.1. The predicted molar refractivity (Wildman–Crippen MR) is 104 cm³/mol. The smallest absolute Gasteiger partial charge is 0.387 e. The van der Waals surface area contributed by atoms with Gasteiger partial charge in [-0.25, -0.2) is 0 Å². The summed E-state index contributed by atoms with van der Waals surface area (Å²) in [6.07, 6.45) is -1.10. The number of carbonyl (C=O) groups excluding carboxylic acids is 2. The largest absolute Gasteiger partial charge is 0.452 e. The van der Waals surface area contributed by atoms with Gasteiger partial charge in [0.2, 0.25) is 0 Å². The van der Waals surface area contributed by atoms with Crippen molar-refractivity contribution in [1.29, 1.82) is 0 Å². The van der Waals surface area contributed by atoms with Crippen LogP contribution in [0.25, 0.3) is 0 Å². The summed E-state index contributed by atoms with van der Waals surface area (Å²) in [5, 5.41) is 1.91. The molecule has 8 heteroatoms. The highest BCUT2D eigenvalue weighted by Gasteiger charge is 2.23. The van der Waals surface area contributed by atoms with Crippen molar-refractivity contribution in [3.63, 3.8) is 0 Å². The standard InChI is InChI=1S/C20H21F2NO4S/c1-12-8-10-15(11-9-12)28-14(3)19(25)26-13(2)18(24)23-16-6-4-5-7-17(16)27-20(21)22/h4-11,13-14,20H,1-3H3,(H,23,24)/t13-,14+/m1/s1. The zero-order chi connectivity index (χ0) is 20.7. The minimum absolute atomic E-state index is 0.0674. The second-order valence-electron chi connectivity index (χ2n) is 6.02. The summed E-state index contributed by atoms with van der Waals surface area (Å²) in [7, 11) is 0. The molecule has 150 valence electrons. The number of halogens is 2. The molecule has 0 aliphatic carbocycles. The van der Waals surface area contributed by atoms with Crippen molar-refractivity contribution in [3.8, 4) is 5.75 Å². The Morgan fingerprint density at radius 1 is 1.04 bits per heavy atom. The van der Waals surface area contributed by atoms with Gasteiger partial charge in [0.05, 0.1) is 5.69 Å². The molecule has 0 saturated carbocycles. The van der Waals surface area contributed by atoms with Crippen LogP contribution in [0.3, 0.4) is 0 Å². The van der Waals surface area contributed by atoms with Crippen molar-refractivity contribution >= 4 is 29.3 Å². The summed E-state index contributed by atoms with van der Waals surface area (Å²) in [6.45, 7) is 2.04. The Bertz CT molecular complexity index is 814. The molecule has 0 unspecified atom stereocenters. The number of ether oxygens (including phenoxy) is 2. The van der Waals surface area contributed by atoms with E-state index in [1.165, 1.54) is 36.9 Å². The Morgan fingerprint density at radius 2 is 1.68 bits per heavy atom. The van der Waals surface area contributed by atoms with E-state index in [9.17, 15) is 18.4 Å². The van der Waals surface area contributed by atoms with Crippen molar-refractivity contribution in [2.24, 2.45) is 0 Å².